The van der Waals surface area contributed by atoms with E-state index < -0.39 is 11.7 Å². The predicted molar refractivity (Wildman–Crippen MR) is 64.6 cm³/mol. The van der Waals surface area contributed by atoms with Gasteiger partial charge in [-0.1, -0.05) is 11.6 Å². The summed E-state index contributed by atoms with van der Waals surface area (Å²) in [7, 11) is 0. The lowest BCUT2D eigenvalue weighted by molar-refractivity contribution is 0.0947. The standard InChI is InChI=1S/C10H8ClFINO/c11-9-7(13)4-3-6(12)8(9)10(15)14-5-1-2-5/h3-5H,1-2H2,(H,14,15). The van der Waals surface area contributed by atoms with Gasteiger partial charge in [0.1, 0.15) is 5.82 Å². The summed E-state index contributed by atoms with van der Waals surface area (Å²) in [5.74, 6) is -0.989. The van der Waals surface area contributed by atoms with Crippen LogP contribution in [0.2, 0.25) is 5.02 Å². The monoisotopic (exact) mass is 339 g/mol. The van der Waals surface area contributed by atoms with E-state index in [-0.39, 0.29) is 16.6 Å². The van der Waals surface area contributed by atoms with Gasteiger partial charge in [0.15, 0.2) is 0 Å². The molecule has 80 valence electrons. The van der Waals surface area contributed by atoms with Crippen LogP contribution in [0.15, 0.2) is 12.1 Å². The zero-order valence-corrected chi connectivity index (χ0v) is 10.6. The first-order valence-corrected chi connectivity index (χ1v) is 5.99. The van der Waals surface area contributed by atoms with Gasteiger partial charge in [-0.25, -0.2) is 4.39 Å². The molecule has 0 atom stereocenters. The third-order valence-corrected chi connectivity index (χ3v) is 3.79. The molecule has 1 N–H and O–H groups in total. The number of hydrogen-bond acceptors (Lipinski definition) is 1. The number of amides is 1. The van der Waals surface area contributed by atoms with Gasteiger partial charge in [-0.15, -0.1) is 0 Å². The summed E-state index contributed by atoms with van der Waals surface area (Å²) in [5.41, 5.74) is -0.0459. The van der Waals surface area contributed by atoms with Crippen LogP contribution in [0.4, 0.5) is 4.39 Å². The smallest absolute Gasteiger partial charge is 0.256 e. The summed E-state index contributed by atoms with van der Waals surface area (Å²) in [6, 6.07) is 3.01. The van der Waals surface area contributed by atoms with Crippen LogP contribution in [0, 0.1) is 9.39 Å². The number of hydrogen-bond donors (Lipinski definition) is 1. The Bertz CT molecular complexity index is 420. The Balaban J connectivity index is 2.32. The van der Waals surface area contributed by atoms with E-state index in [2.05, 4.69) is 5.32 Å². The molecule has 1 aliphatic rings. The summed E-state index contributed by atoms with van der Waals surface area (Å²) >= 11 is 7.86. The number of carbonyl (C=O) groups excluding carboxylic acids is 1. The molecule has 0 bridgehead atoms. The average Bonchev–Trinajstić information content (AvgIpc) is 2.96. The third-order valence-electron chi connectivity index (χ3n) is 2.18. The predicted octanol–water partition coefficient (Wildman–Crippen LogP) is 2.98. The maximum atomic E-state index is 13.4. The first-order valence-electron chi connectivity index (χ1n) is 4.54. The zero-order valence-electron chi connectivity index (χ0n) is 7.69. The lowest BCUT2D eigenvalue weighted by Gasteiger charge is -2.07. The van der Waals surface area contributed by atoms with Crippen LogP contribution >= 0.6 is 34.2 Å². The van der Waals surface area contributed by atoms with Crippen LogP contribution in [-0.2, 0) is 0 Å². The molecule has 0 saturated heterocycles. The summed E-state index contributed by atoms with van der Waals surface area (Å²) in [6.07, 6.45) is 1.93. The normalized spacial score (nSPS) is 15.1. The number of halogens is 3. The summed E-state index contributed by atoms with van der Waals surface area (Å²) < 4.78 is 14.1. The van der Waals surface area contributed by atoms with Crippen LogP contribution in [0.25, 0.3) is 0 Å². The van der Waals surface area contributed by atoms with Crippen molar-refractivity contribution in [1.29, 1.82) is 0 Å². The number of carbonyl (C=O) groups is 1. The van der Waals surface area contributed by atoms with Crippen molar-refractivity contribution in [3.63, 3.8) is 0 Å². The quantitative estimate of drug-likeness (QED) is 0.651. The van der Waals surface area contributed by atoms with Crippen LogP contribution in [0.3, 0.4) is 0 Å². The number of nitrogens with one attached hydrogen (secondary N) is 1. The number of benzene rings is 1. The SMILES string of the molecule is O=C(NC1CC1)c1c(F)ccc(I)c1Cl. The fraction of sp³-hybridized carbons (Fsp3) is 0.300. The Morgan fingerprint density at radius 3 is 2.80 bits per heavy atom. The van der Waals surface area contributed by atoms with Gasteiger partial charge in [-0.05, 0) is 47.6 Å². The van der Waals surface area contributed by atoms with Crippen LogP contribution in [-0.4, -0.2) is 11.9 Å². The molecule has 0 aromatic heterocycles. The highest BCUT2D eigenvalue weighted by molar-refractivity contribution is 14.1. The van der Waals surface area contributed by atoms with E-state index in [0.29, 0.717) is 3.57 Å². The molecule has 0 unspecified atom stereocenters. The van der Waals surface area contributed by atoms with Crippen molar-refractivity contribution in [3.8, 4) is 0 Å². The second-order valence-corrected chi connectivity index (χ2v) is 5.01. The highest BCUT2D eigenvalue weighted by Gasteiger charge is 2.26. The molecule has 1 aromatic rings. The largest absolute Gasteiger partial charge is 0.349 e. The van der Waals surface area contributed by atoms with Crippen molar-refractivity contribution >= 4 is 40.1 Å². The molecule has 2 nitrogen and oxygen atoms in total. The molecule has 15 heavy (non-hydrogen) atoms. The number of rotatable bonds is 2. The summed E-state index contributed by atoms with van der Waals surface area (Å²) in [6.45, 7) is 0. The third kappa shape index (κ3) is 2.42. The van der Waals surface area contributed by atoms with E-state index in [1.54, 1.807) is 6.07 Å². The van der Waals surface area contributed by atoms with Gasteiger partial charge in [0.25, 0.3) is 5.91 Å². The topological polar surface area (TPSA) is 29.1 Å². The molecule has 1 aromatic carbocycles. The fourth-order valence-electron chi connectivity index (χ4n) is 1.22. The summed E-state index contributed by atoms with van der Waals surface area (Å²) in [4.78, 5) is 11.7. The zero-order chi connectivity index (χ0) is 11.0. The van der Waals surface area contributed by atoms with Gasteiger partial charge in [0.05, 0.1) is 10.6 Å². The Hall–Kier alpha value is -0.360. The van der Waals surface area contributed by atoms with E-state index in [1.165, 1.54) is 6.07 Å². The van der Waals surface area contributed by atoms with Gasteiger partial charge < -0.3 is 5.32 Å². The Morgan fingerprint density at radius 1 is 1.53 bits per heavy atom. The van der Waals surface area contributed by atoms with E-state index in [4.69, 9.17) is 11.6 Å². The lowest BCUT2D eigenvalue weighted by atomic mass is 10.2. The highest BCUT2D eigenvalue weighted by atomic mass is 127. The van der Waals surface area contributed by atoms with E-state index in [9.17, 15) is 9.18 Å². The van der Waals surface area contributed by atoms with Crippen LogP contribution < -0.4 is 5.32 Å². The maximum Gasteiger partial charge on any atom is 0.256 e. The molecule has 1 aliphatic carbocycles. The van der Waals surface area contributed by atoms with Crippen LogP contribution in [0.5, 0.6) is 0 Å². The minimum absolute atomic E-state index is 0.0459. The highest BCUT2D eigenvalue weighted by Crippen LogP contribution is 2.26. The summed E-state index contributed by atoms with van der Waals surface area (Å²) in [5, 5.41) is 2.90. The molecule has 5 heteroatoms. The Labute approximate surface area is 105 Å². The minimum Gasteiger partial charge on any atom is -0.349 e. The second kappa shape index (κ2) is 4.25. The minimum atomic E-state index is -0.571. The fourth-order valence-corrected chi connectivity index (χ4v) is 1.91. The maximum absolute atomic E-state index is 13.4. The lowest BCUT2D eigenvalue weighted by Crippen LogP contribution is -2.26. The van der Waals surface area contributed by atoms with Crippen molar-refractivity contribution in [2.45, 2.75) is 18.9 Å². The van der Waals surface area contributed by atoms with Gasteiger partial charge in [0.2, 0.25) is 0 Å². The Kier molecular flexibility index (Phi) is 3.16. The van der Waals surface area contributed by atoms with E-state index in [0.717, 1.165) is 12.8 Å². The first-order chi connectivity index (χ1) is 7.09. The van der Waals surface area contributed by atoms with E-state index >= 15 is 0 Å². The van der Waals surface area contributed by atoms with E-state index in [1.807, 2.05) is 22.6 Å². The van der Waals surface area contributed by atoms with Gasteiger partial charge in [-0.2, -0.15) is 0 Å². The molecule has 1 amide bonds. The first kappa shape index (κ1) is 11.1. The second-order valence-electron chi connectivity index (χ2n) is 3.47. The van der Waals surface area contributed by atoms with Crippen LogP contribution in [0.1, 0.15) is 23.2 Å². The Morgan fingerprint density at radius 2 is 2.20 bits per heavy atom. The van der Waals surface area contributed by atoms with Crippen molar-refractivity contribution in [2.24, 2.45) is 0 Å². The molecule has 2 rings (SSSR count). The van der Waals surface area contributed by atoms with Gasteiger partial charge >= 0.3 is 0 Å². The molecule has 0 spiro atoms. The average molecular weight is 340 g/mol. The molecule has 0 radical (unpaired) electrons. The van der Waals surface area contributed by atoms with Crippen molar-refractivity contribution in [1.82, 2.24) is 5.32 Å². The van der Waals surface area contributed by atoms with Gasteiger partial charge in [0, 0.05) is 9.61 Å². The molecule has 0 aliphatic heterocycles. The van der Waals surface area contributed by atoms with Crippen molar-refractivity contribution < 1.29 is 9.18 Å². The van der Waals surface area contributed by atoms with Gasteiger partial charge in [-0.3, -0.25) is 4.79 Å². The molecular formula is C10H8ClFINO. The van der Waals surface area contributed by atoms with Crippen molar-refractivity contribution in [3.05, 3.63) is 32.1 Å². The molecule has 0 heterocycles. The molecule has 1 fully saturated rings. The van der Waals surface area contributed by atoms with Crippen molar-refractivity contribution in [2.75, 3.05) is 0 Å². The molecule has 1 saturated carbocycles. The molecular weight excluding hydrogens is 331 g/mol.